The van der Waals surface area contributed by atoms with Gasteiger partial charge in [-0.15, -0.1) is 0 Å². The summed E-state index contributed by atoms with van der Waals surface area (Å²) in [6, 6.07) is 4.31. The molecule has 128 valence electrons. The Hall–Kier alpha value is -1.62. The molecule has 1 aromatic rings. The fraction of sp³-hybridized carbons (Fsp3) is 0.667. The molecule has 1 aromatic heterocycles. The first kappa shape index (κ1) is 17.7. The number of hydrogen-bond acceptors (Lipinski definition) is 4. The van der Waals surface area contributed by atoms with Crippen molar-refractivity contribution in [2.24, 2.45) is 5.92 Å². The largest absolute Gasteiger partial charge is 0.481 e. The molecule has 1 aliphatic heterocycles. The highest BCUT2D eigenvalue weighted by Gasteiger charge is 2.31. The second-order valence-electron chi connectivity index (χ2n) is 7.22. The molecule has 1 aliphatic rings. The second kappa shape index (κ2) is 7.30. The number of hydrogen-bond donors (Lipinski definition) is 1. The summed E-state index contributed by atoms with van der Waals surface area (Å²) in [6.45, 7) is 10.4. The van der Waals surface area contributed by atoms with Gasteiger partial charge in [-0.25, -0.2) is 0 Å². The van der Waals surface area contributed by atoms with Gasteiger partial charge in [-0.1, -0.05) is 13.8 Å². The van der Waals surface area contributed by atoms with Crippen LogP contribution in [0.2, 0.25) is 0 Å². The minimum absolute atomic E-state index is 0.464. The molecule has 5 heteroatoms. The summed E-state index contributed by atoms with van der Waals surface area (Å²) in [5.74, 6) is -0.311. The highest BCUT2D eigenvalue weighted by Crippen LogP contribution is 2.27. The summed E-state index contributed by atoms with van der Waals surface area (Å²) in [7, 11) is 0. The van der Waals surface area contributed by atoms with Gasteiger partial charge in [0.15, 0.2) is 0 Å². The highest BCUT2D eigenvalue weighted by molar-refractivity contribution is 5.79. The number of rotatable bonds is 6. The lowest BCUT2D eigenvalue weighted by atomic mass is 9.89. The average molecular weight is 320 g/mol. The van der Waals surface area contributed by atoms with E-state index in [0.717, 1.165) is 38.3 Å². The number of nitrogens with zero attached hydrogens (tertiary/aromatic N) is 2. The Kier molecular flexibility index (Phi) is 5.63. The third-order valence-electron chi connectivity index (χ3n) is 4.45. The van der Waals surface area contributed by atoms with Crippen molar-refractivity contribution in [3.63, 3.8) is 0 Å². The van der Waals surface area contributed by atoms with E-state index >= 15 is 0 Å². The Morgan fingerprint density at radius 1 is 1.39 bits per heavy atom. The fourth-order valence-corrected chi connectivity index (χ4v) is 2.89. The van der Waals surface area contributed by atoms with Crippen molar-refractivity contribution >= 4 is 11.7 Å². The smallest absolute Gasteiger partial charge is 0.315 e. The van der Waals surface area contributed by atoms with Crippen molar-refractivity contribution in [1.82, 2.24) is 4.98 Å². The Morgan fingerprint density at radius 3 is 2.52 bits per heavy atom. The molecule has 0 spiro atoms. The average Bonchev–Trinajstić information content (AvgIpc) is 2.53. The first-order valence-electron chi connectivity index (χ1n) is 8.36. The van der Waals surface area contributed by atoms with E-state index < -0.39 is 11.4 Å². The minimum Gasteiger partial charge on any atom is -0.481 e. The molecule has 23 heavy (non-hydrogen) atoms. The van der Waals surface area contributed by atoms with E-state index in [1.54, 1.807) is 13.8 Å². The maximum atomic E-state index is 11.4. The zero-order valence-electron chi connectivity index (χ0n) is 14.6. The van der Waals surface area contributed by atoms with Gasteiger partial charge in [0.05, 0.1) is 17.6 Å². The second-order valence-corrected chi connectivity index (χ2v) is 7.22. The van der Waals surface area contributed by atoms with Crippen molar-refractivity contribution < 1.29 is 14.6 Å². The fourth-order valence-electron chi connectivity index (χ4n) is 2.89. The van der Waals surface area contributed by atoms with Gasteiger partial charge < -0.3 is 14.7 Å². The molecule has 0 saturated carbocycles. The van der Waals surface area contributed by atoms with Crippen LogP contribution in [0.1, 0.15) is 46.2 Å². The van der Waals surface area contributed by atoms with Gasteiger partial charge in [-0.05, 0) is 44.7 Å². The summed E-state index contributed by atoms with van der Waals surface area (Å²) in [5, 5.41) is 9.33. The predicted molar refractivity (Wildman–Crippen MR) is 90.9 cm³/mol. The number of aliphatic carboxylic acids is 1. The van der Waals surface area contributed by atoms with E-state index in [4.69, 9.17) is 4.74 Å². The zero-order chi connectivity index (χ0) is 17.0. The molecule has 0 bridgehead atoms. The van der Waals surface area contributed by atoms with Crippen LogP contribution in [0.3, 0.4) is 0 Å². The van der Waals surface area contributed by atoms with E-state index in [0.29, 0.717) is 17.7 Å². The molecule has 0 atom stereocenters. The summed E-state index contributed by atoms with van der Waals surface area (Å²) in [5.41, 5.74) is 0.681. The van der Waals surface area contributed by atoms with Crippen LogP contribution in [0.4, 0.5) is 5.69 Å². The van der Waals surface area contributed by atoms with E-state index in [1.165, 1.54) is 0 Å². The van der Waals surface area contributed by atoms with E-state index in [2.05, 4.69) is 23.7 Å². The molecular formula is C18H28N2O3. The van der Waals surface area contributed by atoms with Crippen LogP contribution in [0.5, 0.6) is 0 Å². The molecule has 0 aromatic carbocycles. The van der Waals surface area contributed by atoms with Crippen molar-refractivity contribution in [3.05, 3.63) is 24.0 Å². The Balaban J connectivity index is 2.23. The van der Waals surface area contributed by atoms with Crippen LogP contribution in [0.25, 0.3) is 0 Å². The highest BCUT2D eigenvalue weighted by atomic mass is 16.5. The van der Waals surface area contributed by atoms with Crippen molar-refractivity contribution in [2.45, 2.75) is 52.0 Å². The van der Waals surface area contributed by atoms with Crippen LogP contribution >= 0.6 is 0 Å². The molecule has 0 amide bonds. The van der Waals surface area contributed by atoms with Gasteiger partial charge in [0.1, 0.15) is 5.41 Å². The van der Waals surface area contributed by atoms with Crippen LogP contribution in [-0.4, -0.2) is 41.9 Å². The lowest BCUT2D eigenvalue weighted by Crippen LogP contribution is -2.41. The third-order valence-corrected chi connectivity index (χ3v) is 4.45. The number of carbonyl (C=O) groups is 1. The van der Waals surface area contributed by atoms with Crippen LogP contribution in [-0.2, 0) is 14.9 Å². The molecule has 5 nitrogen and oxygen atoms in total. The number of ether oxygens (including phenoxy) is 1. The van der Waals surface area contributed by atoms with Crippen LogP contribution < -0.4 is 4.90 Å². The SMILES string of the molecule is CC(C)CN(c1ccc(C(C)(C)C(=O)O)nc1)C1CCOCC1. The number of carboxylic acid groups (broad SMARTS) is 1. The quantitative estimate of drug-likeness (QED) is 0.872. The summed E-state index contributed by atoms with van der Waals surface area (Å²) in [4.78, 5) is 18.2. The van der Waals surface area contributed by atoms with Crippen LogP contribution in [0.15, 0.2) is 18.3 Å². The molecule has 0 unspecified atom stereocenters. The Bertz CT molecular complexity index is 520. The lowest BCUT2D eigenvalue weighted by molar-refractivity contribution is -0.142. The van der Waals surface area contributed by atoms with Gasteiger partial charge in [-0.2, -0.15) is 0 Å². The zero-order valence-corrected chi connectivity index (χ0v) is 14.6. The number of aromatic nitrogens is 1. The molecular weight excluding hydrogens is 292 g/mol. The first-order chi connectivity index (χ1) is 10.8. The van der Waals surface area contributed by atoms with E-state index in [1.807, 2.05) is 18.3 Å². The Morgan fingerprint density at radius 2 is 2.04 bits per heavy atom. The van der Waals surface area contributed by atoms with Gasteiger partial charge >= 0.3 is 5.97 Å². The third kappa shape index (κ3) is 4.22. The van der Waals surface area contributed by atoms with Gasteiger partial charge in [0.2, 0.25) is 0 Å². The number of anilines is 1. The number of pyridine rings is 1. The maximum absolute atomic E-state index is 11.4. The van der Waals surface area contributed by atoms with Crippen molar-refractivity contribution in [2.75, 3.05) is 24.7 Å². The monoisotopic (exact) mass is 320 g/mol. The molecule has 0 radical (unpaired) electrons. The summed E-state index contributed by atoms with van der Waals surface area (Å²) >= 11 is 0. The molecule has 2 heterocycles. The normalized spacial score (nSPS) is 16.6. The molecule has 2 rings (SSSR count). The molecule has 0 aliphatic carbocycles. The van der Waals surface area contributed by atoms with E-state index in [-0.39, 0.29) is 0 Å². The van der Waals surface area contributed by atoms with Gasteiger partial charge in [0.25, 0.3) is 0 Å². The lowest BCUT2D eigenvalue weighted by Gasteiger charge is -2.37. The van der Waals surface area contributed by atoms with Crippen LogP contribution in [0, 0.1) is 5.92 Å². The van der Waals surface area contributed by atoms with Crippen molar-refractivity contribution in [3.8, 4) is 0 Å². The van der Waals surface area contributed by atoms with Gasteiger partial charge in [0, 0.05) is 25.8 Å². The van der Waals surface area contributed by atoms with Crippen molar-refractivity contribution in [1.29, 1.82) is 0 Å². The molecule has 1 saturated heterocycles. The first-order valence-corrected chi connectivity index (χ1v) is 8.36. The minimum atomic E-state index is -0.972. The molecule has 1 fully saturated rings. The standard InChI is InChI=1S/C18H28N2O3/c1-13(2)12-20(14-7-9-23-10-8-14)15-5-6-16(19-11-15)18(3,4)17(21)22/h5-6,11,13-14H,7-10,12H2,1-4H3,(H,21,22). The summed E-state index contributed by atoms with van der Waals surface area (Å²) in [6.07, 6.45) is 3.86. The van der Waals surface area contributed by atoms with E-state index in [9.17, 15) is 9.90 Å². The topological polar surface area (TPSA) is 62.7 Å². The maximum Gasteiger partial charge on any atom is 0.315 e. The predicted octanol–water partition coefficient (Wildman–Crippen LogP) is 3.09. The number of carboxylic acids is 1. The Labute approximate surface area is 138 Å². The summed E-state index contributed by atoms with van der Waals surface area (Å²) < 4.78 is 5.47. The van der Waals surface area contributed by atoms with Gasteiger partial charge in [-0.3, -0.25) is 9.78 Å². The molecule has 1 N–H and O–H groups in total.